The first-order valence-electron chi connectivity index (χ1n) is 7.80. The van der Waals surface area contributed by atoms with Crippen LogP contribution in [0.3, 0.4) is 0 Å². The zero-order chi connectivity index (χ0) is 18.0. The quantitative estimate of drug-likeness (QED) is 0.710. The molecular formula is C19H17FN2O3. The molecule has 1 amide bonds. The number of H-pyrrole nitrogens is 1. The number of ether oxygens (including phenoxy) is 1. The number of aromatic nitrogens is 1. The van der Waals surface area contributed by atoms with Crippen molar-refractivity contribution in [1.29, 1.82) is 0 Å². The normalized spacial score (nSPS) is 12.0. The fourth-order valence-electron chi connectivity index (χ4n) is 2.38. The fraction of sp³-hybridized carbons (Fsp3) is 0.158. The topological polar surface area (TPSA) is 71.2 Å². The molecule has 0 bridgehead atoms. The molecule has 0 spiro atoms. The lowest BCUT2D eigenvalue weighted by Crippen LogP contribution is -2.30. The van der Waals surface area contributed by atoms with E-state index >= 15 is 0 Å². The summed E-state index contributed by atoms with van der Waals surface area (Å²) < 4.78 is 18.7. The maximum Gasteiger partial charge on any atom is 0.355 e. The molecule has 0 radical (unpaired) electrons. The predicted molar refractivity (Wildman–Crippen MR) is 92.9 cm³/mol. The molecule has 0 fully saturated rings. The van der Waals surface area contributed by atoms with Gasteiger partial charge < -0.3 is 15.0 Å². The Labute approximate surface area is 143 Å². The lowest BCUT2D eigenvalue weighted by molar-refractivity contribution is -0.123. The van der Waals surface area contributed by atoms with Crippen LogP contribution in [-0.4, -0.2) is 23.0 Å². The Morgan fingerprint density at radius 2 is 1.92 bits per heavy atom. The van der Waals surface area contributed by atoms with Crippen molar-refractivity contribution >= 4 is 28.5 Å². The number of fused-ring (bicyclic) bond motifs is 1. The van der Waals surface area contributed by atoms with Crippen LogP contribution in [0.5, 0.6) is 0 Å². The number of halogens is 1. The van der Waals surface area contributed by atoms with Gasteiger partial charge >= 0.3 is 5.97 Å². The van der Waals surface area contributed by atoms with Gasteiger partial charge in [-0.05, 0) is 43.7 Å². The standard InChI is InChI=1S/C19H17FN2O3/c1-11-7-8-14(10-15(11)20)21-18(23)12(2)25-19(24)17-9-13-5-3-4-6-16(13)22-17/h3-10,12,22H,1-2H3,(H,21,23)/t12-/m1/s1. The summed E-state index contributed by atoms with van der Waals surface area (Å²) in [6.45, 7) is 3.09. The molecule has 128 valence electrons. The van der Waals surface area contributed by atoms with E-state index in [9.17, 15) is 14.0 Å². The molecule has 2 N–H and O–H groups in total. The van der Waals surface area contributed by atoms with Gasteiger partial charge in [0.1, 0.15) is 11.5 Å². The van der Waals surface area contributed by atoms with E-state index in [0.29, 0.717) is 11.3 Å². The Kier molecular flexibility index (Phi) is 4.52. The van der Waals surface area contributed by atoms with E-state index in [1.54, 1.807) is 25.1 Å². The van der Waals surface area contributed by atoms with E-state index in [2.05, 4.69) is 10.3 Å². The molecule has 3 rings (SSSR count). The van der Waals surface area contributed by atoms with Crippen molar-refractivity contribution in [3.05, 3.63) is 65.6 Å². The lowest BCUT2D eigenvalue weighted by atomic mass is 10.2. The monoisotopic (exact) mass is 340 g/mol. The smallest absolute Gasteiger partial charge is 0.355 e. The third-order valence-electron chi connectivity index (χ3n) is 3.84. The largest absolute Gasteiger partial charge is 0.448 e. The molecule has 6 heteroatoms. The number of nitrogens with one attached hydrogen (secondary N) is 2. The first-order chi connectivity index (χ1) is 11.9. The third-order valence-corrected chi connectivity index (χ3v) is 3.84. The number of para-hydroxylation sites is 1. The molecule has 0 aliphatic rings. The van der Waals surface area contributed by atoms with Gasteiger partial charge in [-0.25, -0.2) is 9.18 Å². The Morgan fingerprint density at radius 3 is 2.64 bits per heavy atom. The van der Waals surface area contributed by atoms with Gasteiger partial charge in [-0.2, -0.15) is 0 Å². The number of carbonyl (C=O) groups is 2. The number of aryl methyl sites for hydroxylation is 1. The number of hydrogen-bond donors (Lipinski definition) is 2. The molecule has 3 aromatic rings. The summed E-state index contributed by atoms with van der Waals surface area (Å²) in [4.78, 5) is 27.3. The molecular weight excluding hydrogens is 323 g/mol. The van der Waals surface area contributed by atoms with Gasteiger partial charge in [0, 0.05) is 16.6 Å². The van der Waals surface area contributed by atoms with Gasteiger partial charge in [0.2, 0.25) is 0 Å². The average Bonchev–Trinajstić information content (AvgIpc) is 3.02. The highest BCUT2D eigenvalue weighted by Crippen LogP contribution is 2.17. The van der Waals surface area contributed by atoms with Crippen LogP contribution in [0, 0.1) is 12.7 Å². The number of aromatic amines is 1. The van der Waals surface area contributed by atoms with Crippen molar-refractivity contribution < 1.29 is 18.7 Å². The van der Waals surface area contributed by atoms with Crippen LogP contribution < -0.4 is 5.32 Å². The Morgan fingerprint density at radius 1 is 1.16 bits per heavy atom. The van der Waals surface area contributed by atoms with Crippen LogP contribution in [0.1, 0.15) is 23.0 Å². The fourth-order valence-corrected chi connectivity index (χ4v) is 2.38. The summed E-state index contributed by atoms with van der Waals surface area (Å²) >= 11 is 0. The van der Waals surface area contributed by atoms with Crippen LogP contribution >= 0.6 is 0 Å². The van der Waals surface area contributed by atoms with Crippen LogP contribution in [-0.2, 0) is 9.53 Å². The lowest BCUT2D eigenvalue weighted by Gasteiger charge is -2.13. The van der Waals surface area contributed by atoms with E-state index in [4.69, 9.17) is 4.74 Å². The van der Waals surface area contributed by atoms with Crippen molar-refractivity contribution in [2.75, 3.05) is 5.32 Å². The Hall–Kier alpha value is -3.15. The van der Waals surface area contributed by atoms with Gasteiger partial charge in [0.15, 0.2) is 6.10 Å². The average molecular weight is 340 g/mol. The molecule has 1 aromatic heterocycles. The molecule has 0 unspecified atom stereocenters. The van der Waals surface area contributed by atoms with Crippen LogP contribution in [0.15, 0.2) is 48.5 Å². The van der Waals surface area contributed by atoms with Crippen molar-refractivity contribution in [2.24, 2.45) is 0 Å². The van der Waals surface area contributed by atoms with Gasteiger partial charge in [-0.15, -0.1) is 0 Å². The summed E-state index contributed by atoms with van der Waals surface area (Å²) in [5.74, 6) is -1.58. The van der Waals surface area contributed by atoms with Crippen molar-refractivity contribution in [3.63, 3.8) is 0 Å². The number of amides is 1. The number of hydrogen-bond acceptors (Lipinski definition) is 3. The SMILES string of the molecule is Cc1ccc(NC(=O)[C@@H](C)OC(=O)c2cc3ccccc3[nH]2)cc1F. The van der Waals surface area contributed by atoms with Gasteiger partial charge in [-0.3, -0.25) is 4.79 Å². The molecule has 0 saturated carbocycles. The zero-order valence-electron chi connectivity index (χ0n) is 13.8. The summed E-state index contributed by atoms with van der Waals surface area (Å²) in [5, 5.41) is 3.40. The van der Waals surface area contributed by atoms with E-state index < -0.39 is 23.8 Å². The molecule has 1 heterocycles. The Balaban J connectivity index is 1.65. The summed E-state index contributed by atoms with van der Waals surface area (Å²) in [6.07, 6.45) is -1.02. The first-order valence-corrected chi connectivity index (χ1v) is 7.80. The van der Waals surface area contributed by atoms with Crippen LogP contribution in [0.4, 0.5) is 10.1 Å². The predicted octanol–water partition coefficient (Wildman–Crippen LogP) is 3.80. The van der Waals surface area contributed by atoms with Crippen LogP contribution in [0.25, 0.3) is 10.9 Å². The second-order valence-electron chi connectivity index (χ2n) is 5.77. The maximum atomic E-state index is 13.5. The highest BCUT2D eigenvalue weighted by Gasteiger charge is 2.20. The second-order valence-corrected chi connectivity index (χ2v) is 5.77. The highest BCUT2D eigenvalue weighted by atomic mass is 19.1. The highest BCUT2D eigenvalue weighted by molar-refractivity contribution is 5.98. The zero-order valence-corrected chi connectivity index (χ0v) is 13.8. The molecule has 0 aliphatic heterocycles. The van der Waals surface area contributed by atoms with E-state index in [1.807, 2.05) is 24.3 Å². The molecule has 1 atom stereocenters. The number of benzene rings is 2. The number of anilines is 1. The molecule has 5 nitrogen and oxygen atoms in total. The third kappa shape index (κ3) is 3.68. The molecule has 0 saturated heterocycles. The second kappa shape index (κ2) is 6.76. The summed E-state index contributed by atoms with van der Waals surface area (Å²) in [7, 11) is 0. The van der Waals surface area contributed by atoms with E-state index in [0.717, 1.165) is 10.9 Å². The number of esters is 1. The van der Waals surface area contributed by atoms with Crippen molar-refractivity contribution in [2.45, 2.75) is 20.0 Å². The summed E-state index contributed by atoms with van der Waals surface area (Å²) in [5.41, 5.74) is 1.86. The first kappa shape index (κ1) is 16.7. The number of carbonyl (C=O) groups excluding carboxylic acids is 2. The van der Waals surface area contributed by atoms with Crippen LogP contribution in [0.2, 0.25) is 0 Å². The minimum atomic E-state index is -1.02. The van der Waals surface area contributed by atoms with Gasteiger partial charge in [0.05, 0.1) is 0 Å². The van der Waals surface area contributed by atoms with Crippen molar-refractivity contribution in [1.82, 2.24) is 4.98 Å². The summed E-state index contributed by atoms with van der Waals surface area (Å²) in [6, 6.07) is 13.5. The van der Waals surface area contributed by atoms with Gasteiger partial charge in [0.25, 0.3) is 5.91 Å². The maximum absolute atomic E-state index is 13.5. The Bertz CT molecular complexity index is 916. The van der Waals surface area contributed by atoms with E-state index in [-0.39, 0.29) is 5.69 Å². The van der Waals surface area contributed by atoms with E-state index in [1.165, 1.54) is 13.0 Å². The minimum absolute atomic E-state index is 0.266. The number of rotatable bonds is 4. The van der Waals surface area contributed by atoms with Gasteiger partial charge in [-0.1, -0.05) is 24.3 Å². The molecule has 2 aromatic carbocycles. The minimum Gasteiger partial charge on any atom is -0.448 e. The van der Waals surface area contributed by atoms with Crippen molar-refractivity contribution in [3.8, 4) is 0 Å². The molecule has 0 aliphatic carbocycles. The molecule has 25 heavy (non-hydrogen) atoms.